The second kappa shape index (κ2) is 5.92. The molecule has 6 nitrogen and oxygen atoms in total. The van der Waals surface area contributed by atoms with Gasteiger partial charge in [-0.3, -0.25) is 0 Å². The number of hydrogen-bond acceptors (Lipinski definition) is 6. The number of hydrogen-bond donors (Lipinski definition) is 0. The summed E-state index contributed by atoms with van der Waals surface area (Å²) in [4.78, 5) is 12.3. The van der Waals surface area contributed by atoms with Gasteiger partial charge in [0, 0.05) is 6.07 Å². The topological polar surface area (TPSA) is 78.9 Å². The van der Waals surface area contributed by atoms with Crippen LogP contribution in [0.1, 0.15) is 17.3 Å². The Bertz CT molecular complexity index is 857. The van der Waals surface area contributed by atoms with Gasteiger partial charge < -0.3 is 14.2 Å². The zero-order valence-electron chi connectivity index (χ0n) is 12.3. The van der Waals surface area contributed by atoms with Gasteiger partial charge in [0.1, 0.15) is 5.75 Å². The van der Waals surface area contributed by atoms with Gasteiger partial charge in [-0.1, -0.05) is 19.1 Å². The van der Waals surface area contributed by atoms with Gasteiger partial charge in [-0.2, -0.15) is 0 Å². The molecule has 7 heteroatoms. The van der Waals surface area contributed by atoms with Gasteiger partial charge in [-0.05, 0) is 24.3 Å². The Labute approximate surface area is 133 Å². The number of rotatable bonds is 4. The summed E-state index contributed by atoms with van der Waals surface area (Å²) in [6.45, 7) is 1.64. The fourth-order valence-electron chi connectivity index (χ4n) is 2.16. The van der Waals surface area contributed by atoms with E-state index in [4.69, 9.17) is 14.2 Å². The first-order chi connectivity index (χ1) is 11.0. The summed E-state index contributed by atoms with van der Waals surface area (Å²) in [6, 6.07) is 10.7. The van der Waals surface area contributed by atoms with Crippen LogP contribution in [-0.4, -0.2) is 26.9 Å². The van der Waals surface area contributed by atoms with Crippen LogP contribution in [0.3, 0.4) is 0 Å². The van der Waals surface area contributed by atoms with E-state index in [9.17, 15) is 13.2 Å². The van der Waals surface area contributed by atoms with Crippen molar-refractivity contribution in [2.45, 2.75) is 11.8 Å². The predicted molar refractivity (Wildman–Crippen MR) is 81.7 cm³/mol. The number of benzene rings is 2. The van der Waals surface area contributed by atoms with Crippen LogP contribution in [-0.2, 0) is 9.84 Å². The molecule has 0 fully saturated rings. The highest BCUT2D eigenvalue weighted by atomic mass is 32.2. The highest BCUT2D eigenvalue weighted by molar-refractivity contribution is 7.91. The van der Waals surface area contributed by atoms with Gasteiger partial charge >= 0.3 is 5.97 Å². The van der Waals surface area contributed by atoms with Crippen molar-refractivity contribution in [3.63, 3.8) is 0 Å². The number of carbonyl (C=O) groups is 1. The molecule has 0 saturated carbocycles. The molecule has 0 bridgehead atoms. The Morgan fingerprint density at radius 3 is 2.65 bits per heavy atom. The highest BCUT2D eigenvalue weighted by Gasteiger charge is 2.22. The number of sulfone groups is 1. The molecule has 0 spiro atoms. The molecule has 0 atom stereocenters. The molecule has 23 heavy (non-hydrogen) atoms. The summed E-state index contributed by atoms with van der Waals surface area (Å²) in [5, 5.41) is 0. The molecule has 1 aliphatic heterocycles. The maximum absolute atomic E-state index is 12.3. The SMILES string of the molecule is CCS(=O)(=O)c1ccccc1C(=O)Oc1ccc2c(c1)OCO2. The third-order valence-corrected chi connectivity index (χ3v) is 5.16. The zero-order valence-corrected chi connectivity index (χ0v) is 13.1. The normalized spacial score (nSPS) is 12.9. The Morgan fingerprint density at radius 2 is 1.87 bits per heavy atom. The molecule has 0 amide bonds. The lowest BCUT2D eigenvalue weighted by atomic mass is 10.2. The van der Waals surface area contributed by atoms with Crippen molar-refractivity contribution in [1.29, 1.82) is 0 Å². The second-order valence-corrected chi connectivity index (χ2v) is 7.05. The molecule has 120 valence electrons. The van der Waals surface area contributed by atoms with Crippen LogP contribution in [0.15, 0.2) is 47.4 Å². The summed E-state index contributed by atoms with van der Waals surface area (Å²) in [7, 11) is -3.52. The minimum absolute atomic E-state index is 0.00650. The molecular formula is C16H14O6S. The number of esters is 1. The van der Waals surface area contributed by atoms with E-state index in [0.717, 1.165) is 0 Å². The van der Waals surface area contributed by atoms with Gasteiger partial charge in [0.15, 0.2) is 21.3 Å². The first-order valence-corrected chi connectivity index (χ1v) is 8.60. The fraction of sp³-hybridized carbons (Fsp3) is 0.188. The van der Waals surface area contributed by atoms with E-state index in [1.54, 1.807) is 24.3 Å². The molecule has 1 aliphatic rings. The third-order valence-electron chi connectivity index (χ3n) is 3.38. The van der Waals surface area contributed by atoms with Gasteiger partial charge in [0.25, 0.3) is 0 Å². The van der Waals surface area contributed by atoms with E-state index in [2.05, 4.69) is 0 Å². The first-order valence-electron chi connectivity index (χ1n) is 6.95. The summed E-state index contributed by atoms with van der Waals surface area (Å²) in [5.41, 5.74) is 0.00650. The molecule has 1 heterocycles. The van der Waals surface area contributed by atoms with Crippen LogP contribution in [0, 0.1) is 0 Å². The monoisotopic (exact) mass is 334 g/mol. The van der Waals surface area contributed by atoms with Crippen molar-refractivity contribution in [1.82, 2.24) is 0 Å². The van der Waals surface area contributed by atoms with E-state index >= 15 is 0 Å². The summed E-state index contributed by atoms with van der Waals surface area (Å²) >= 11 is 0. The molecule has 2 aromatic carbocycles. The Hall–Kier alpha value is -2.54. The number of carbonyl (C=O) groups excluding carboxylic acids is 1. The van der Waals surface area contributed by atoms with E-state index in [1.165, 1.54) is 25.1 Å². The minimum atomic E-state index is -3.52. The van der Waals surface area contributed by atoms with Crippen LogP contribution >= 0.6 is 0 Å². The number of ether oxygens (including phenoxy) is 3. The van der Waals surface area contributed by atoms with E-state index in [0.29, 0.717) is 11.5 Å². The van der Waals surface area contributed by atoms with E-state index in [-0.39, 0.29) is 28.8 Å². The van der Waals surface area contributed by atoms with Crippen molar-refractivity contribution in [3.8, 4) is 17.2 Å². The lowest BCUT2D eigenvalue weighted by molar-refractivity contribution is 0.0730. The van der Waals surface area contributed by atoms with Crippen molar-refractivity contribution >= 4 is 15.8 Å². The maximum atomic E-state index is 12.3. The fourth-order valence-corrected chi connectivity index (χ4v) is 3.25. The van der Waals surface area contributed by atoms with Gasteiger partial charge in [-0.25, -0.2) is 13.2 Å². The third kappa shape index (κ3) is 3.00. The van der Waals surface area contributed by atoms with Crippen LogP contribution in [0.25, 0.3) is 0 Å². The lowest BCUT2D eigenvalue weighted by Crippen LogP contribution is -2.15. The first kappa shape index (κ1) is 15.4. The summed E-state index contributed by atoms with van der Waals surface area (Å²) in [5.74, 6) is 0.462. The van der Waals surface area contributed by atoms with E-state index in [1.807, 2.05) is 0 Å². The zero-order chi connectivity index (χ0) is 16.4. The Balaban J connectivity index is 1.90. The molecule has 2 aromatic rings. The minimum Gasteiger partial charge on any atom is -0.454 e. The Morgan fingerprint density at radius 1 is 1.13 bits per heavy atom. The molecular weight excluding hydrogens is 320 g/mol. The van der Waals surface area contributed by atoms with Crippen LogP contribution in [0.5, 0.6) is 17.2 Å². The molecule has 0 unspecified atom stereocenters. The quantitative estimate of drug-likeness (QED) is 0.631. The van der Waals surface area contributed by atoms with Crippen molar-refractivity contribution in [2.75, 3.05) is 12.5 Å². The predicted octanol–water partition coefficient (Wildman–Crippen LogP) is 2.43. The average molecular weight is 334 g/mol. The summed E-state index contributed by atoms with van der Waals surface area (Å²) < 4.78 is 39.8. The standard InChI is InChI=1S/C16H14O6S/c1-2-23(18,19)15-6-4-3-5-12(15)16(17)22-11-7-8-13-14(9-11)21-10-20-13/h3-9H,2,10H2,1H3. The molecule has 3 rings (SSSR count). The van der Waals surface area contributed by atoms with E-state index < -0.39 is 15.8 Å². The maximum Gasteiger partial charge on any atom is 0.344 e. The van der Waals surface area contributed by atoms with Crippen molar-refractivity contribution in [2.24, 2.45) is 0 Å². The van der Waals surface area contributed by atoms with Crippen molar-refractivity contribution in [3.05, 3.63) is 48.0 Å². The van der Waals surface area contributed by atoms with Crippen LogP contribution < -0.4 is 14.2 Å². The van der Waals surface area contributed by atoms with Gasteiger partial charge in [0.2, 0.25) is 6.79 Å². The average Bonchev–Trinajstić information content (AvgIpc) is 3.02. The summed E-state index contributed by atoms with van der Waals surface area (Å²) in [6.07, 6.45) is 0. The number of fused-ring (bicyclic) bond motifs is 1. The molecule has 0 aromatic heterocycles. The van der Waals surface area contributed by atoms with Gasteiger partial charge in [-0.15, -0.1) is 0 Å². The Kier molecular flexibility index (Phi) is 3.96. The molecule has 0 radical (unpaired) electrons. The largest absolute Gasteiger partial charge is 0.454 e. The van der Waals surface area contributed by atoms with Crippen molar-refractivity contribution < 1.29 is 27.4 Å². The van der Waals surface area contributed by atoms with Crippen LogP contribution in [0.4, 0.5) is 0 Å². The smallest absolute Gasteiger partial charge is 0.344 e. The molecule has 0 saturated heterocycles. The molecule has 0 aliphatic carbocycles. The van der Waals surface area contributed by atoms with Gasteiger partial charge in [0.05, 0.1) is 16.2 Å². The van der Waals surface area contributed by atoms with Crippen LogP contribution in [0.2, 0.25) is 0 Å². The second-order valence-electron chi connectivity index (χ2n) is 4.80. The lowest BCUT2D eigenvalue weighted by Gasteiger charge is -2.09. The highest BCUT2D eigenvalue weighted by Crippen LogP contribution is 2.35. The molecule has 0 N–H and O–H groups in total.